The Hall–Kier alpha value is -2.01. The summed E-state index contributed by atoms with van der Waals surface area (Å²) < 4.78 is 5.33. The normalized spacial score (nSPS) is 16.1. The van der Waals surface area contributed by atoms with Crippen LogP contribution < -0.4 is 10.2 Å². The van der Waals surface area contributed by atoms with Gasteiger partial charge in [-0.3, -0.25) is 0 Å². The summed E-state index contributed by atoms with van der Waals surface area (Å²) in [4.78, 5) is 12.8. The first-order chi connectivity index (χ1) is 9.65. The van der Waals surface area contributed by atoms with Crippen molar-refractivity contribution in [1.29, 1.82) is 0 Å². The van der Waals surface area contributed by atoms with Gasteiger partial charge in [-0.25, -0.2) is 4.79 Å². The first-order valence-corrected chi connectivity index (χ1v) is 6.72. The lowest BCUT2D eigenvalue weighted by Gasteiger charge is -2.28. The zero-order valence-electron chi connectivity index (χ0n) is 11.6. The van der Waals surface area contributed by atoms with Crippen molar-refractivity contribution in [2.45, 2.75) is 6.92 Å². The minimum Gasteiger partial charge on any atom is -0.478 e. The van der Waals surface area contributed by atoms with Gasteiger partial charge in [0, 0.05) is 37.1 Å². The summed E-state index contributed by atoms with van der Waals surface area (Å²) in [6.45, 7) is 5.73. The van der Waals surface area contributed by atoms with Crippen molar-refractivity contribution in [2.24, 2.45) is 0 Å². The summed E-state index contributed by atoms with van der Waals surface area (Å²) in [5.74, 6) is -0.910. The average molecular weight is 276 g/mol. The van der Waals surface area contributed by atoms with Crippen LogP contribution in [0.15, 0.2) is 35.9 Å². The fraction of sp³-hybridized carbons (Fsp3) is 0.400. The third kappa shape index (κ3) is 4.28. The highest BCUT2D eigenvalue weighted by Crippen LogP contribution is 2.19. The van der Waals surface area contributed by atoms with E-state index >= 15 is 0 Å². The molecule has 1 saturated heterocycles. The van der Waals surface area contributed by atoms with Gasteiger partial charge >= 0.3 is 5.97 Å². The van der Waals surface area contributed by atoms with E-state index in [0.29, 0.717) is 6.54 Å². The van der Waals surface area contributed by atoms with Gasteiger partial charge in [-0.05, 0) is 36.8 Å². The van der Waals surface area contributed by atoms with Crippen molar-refractivity contribution in [3.63, 3.8) is 0 Å². The molecule has 0 atom stereocenters. The summed E-state index contributed by atoms with van der Waals surface area (Å²) in [5, 5.41) is 11.8. The molecule has 1 aromatic rings. The highest BCUT2D eigenvalue weighted by atomic mass is 16.5. The number of carboxylic acid groups (broad SMARTS) is 1. The van der Waals surface area contributed by atoms with E-state index in [2.05, 4.69) is 22.3 Å². The van der Waals surface area contributed by atoms with Crippen LogP contribution in [-0.4, -0.2) is 43.9 Å². The predicted molar refractivity (Wildman–Crippen MR) is 79.4 cm³/mol. The average Bonchev–Trinajstić information content (AvgIpc) is 2.46. The van der Waals surface area contributed by atoms with Crippen molar-refractivity contribution < 1.29 is 14.6 Å². The predicted octanol–water partition coefficient (Wildman–Crippen LogP) is 1.97. The molecule has 1 aliphatic heterocycles. The monoisotopic (exact) mass is 276 g/mol. The molecule has 1 aromatic carbocycles. The van der Waals surface area contributed by atoms with Crippen LogP contribution in [0.5, 0.6) is 0 Å². The number of carbonyl (C=O) groups is 1. The molecule has 0 unspecified atom stereocenters. The third-order valence-electron chi connectivity index (χ3n) is 3.18. The van der Waals surface area contributed by atoms with Crippen molar-refractivity contribution in [3.8, 4) is 0 Å². The highest BCUT2D eigenvalue weighted by Gasteiger charge is 2.10. The van der Waals surface area contributed by atoms with Gasteiger partial charge in [0.2, 0.25) is 0 Å². The first kappa shape index (κ1) is 14.4. The van der Waals surface area contributed by atoms with Crippen LogP contribution in [0.2, 0.25) is 0 Å². The SMILES string of the molecule is C/C(=C/C(=O)O)CNc1ccc(N2CCOCC2)cc1. The molecule has 0 bridgehead atoms. The molecular weight excluding hydrogens is 256 g/mol. The number of hydrogen-bond acceptors (Lipinski definition) is 4. The standard InChI is InChI=1S/C15H20N2O3/c1-12(10-15(18)19)11-16-13-2-4-14(5-3-13)17-6-8-20-9-7-17/h2-5,10,16H,6-9,11H2,1H3,(H,18,19)/b12-10-. The number of nitrogens with zero attached hydrogens (tertiary/aromatic N) is 1. The maximum absolute atomic E-state index is 10.5. The van der Waals surface area contributed by atoms with Gasteiger partial charge in [-0.2, -0.15) is 0 Å². The smallest absolute Gasteiger partial charge is 0.328 e. The summed E-state index contributed by atoms with van der Waals surface area (Å²) in [6, 6.07) is 8.17. The van der Waals surface area contributed by atoms with Gasteiger partial charge in [-0.1, -0.05) is 0 Å². The number of benzene rings is 1. The Balaban J connectivity index is 1.89. The highest BCUT2D eigenvalue weighted by molar-refractivity contribution is 5.80. The van der Waals surface area contributed by atoms with E-state index in [1.54, 1.807) is 6.92 Å². The molecule has 20 heavy (non-hydrogen) atoms. The quantitative estimate of drug-likeness (QED) is 0.805. The van der Waals surface area contributed by atoms with E-state index in [1.807, 2.05) is 12.1 Å². The lowest BCUT2D eigenvalue weighted by molar-refractivity contribution is -0.131. The number of aliphatic carboxylic acids is 1. The van der Waals surface area contributed by atoms with Crippen molar-refractivity contribution in [3.05, 3.63) is 35.9 Å². The van der Waals surface area contributed by atoms with Gasteiger partial charge in [0.05, 0.1) is 13.2 Å². The van der Waals surface area contributed by atoms with E-state index in [0.717, 1.165) is 37.6 Å². The van der Waals surface area contributed by atoms with Crippen molar-refractivity contribution in [2.75, 3.05) is 43.1 Å². The number of rotatable bonds is 5. The fourth-order valence-electron chi connectivity index (χ4n) is 2.11. The number of carboxylic acids is 1. The molecule has 108 valence electrons. The summed E-state index contributed by atoms with van der Waals surface area (Å²) in [7, 11) is 0. The van der Waals surface area contributed by atoms with Crippen LogP contribution in [-0.2, 0) is 9.53 Å². The summed E-state index contributed by atoms with van der Waals surface area (Å²) in [6.07, 6.45) is 1.22. The molecule has 0 aliphatic carbocycles. The zero-order chi connectivity index (χ0) is 14.4. The minimum absolute atomic E-state index is 0.531. The number of hydrogen-bond donors (Lipinski definition) is 2. The van der Waals surface area contributed by atoms with Crippen LogP contribution in [0.3, 0.4) is 0 Å². The molecule has 5 nitrogen and oxygen atoms in total. The minimum atomic E-state index is -0.910. The second-order valence-corrected chi connectivity index (χ2v) is 4.83. The van der Waals surface area contributed by atoms with E-state index in [1.165, 1.54) is 11.8 Å². The van der Waals surface area contributed by atoms with Crippen molar-refractivity contribution in [1.82, 2.24) is 0 Å². The maximum Gasteiger partial charge on any atom is 0.328 e. The van der Waals surface area contributed by atoms with E-state index in [4.69, 9.17) is 9.84 Å². The van der Waals surface area contributed by atoms with E-state index < -0.39 is 5.97 Å². The van der Waals surface area contributed by atoms with Gasteiger partial charge in [-0.15, -0.1) is 0 Å². The number of anilines is 2. The largest absolute Gasteiger partial charge is 0.478 e. The second kappa shape index (κ2) is 6.96. The third-order valence-corrected chi connectivity index (χ3v) is 3.18. The van der Waals surface area contributed by atoms with E-state index in [9.17, 15) is 4.79 Å². The van der Waals surface area contributed by atoms with Crippen molar-refractivity contribution >= 4 is 17.3 Å². The molecule has 0 spiro atoms. The van der Waals surface area contributed by atoms with Crippen LogP contribution in [0.1, 0.15) is 6.92 Å². The Kier molecular flexibility index (Phi) is 5.01. The molecule has 0 radical (unpaired) electrons. The molecule has 1 heterocycles. The Morgan fingerprint density at radius 2 is 2.00 bits per heavy atom. The fourth-order valence-corrected chi connectivity index (χ4v) is 2.11. The number of morpholine rings is 1. The van der Waals surface area contributed by atoms with Gasteiger partial charge < -0.3 is 20.1 Å². The van der Waals surface area contributed by atoms with Crippen LogP contribution >= 0.6 is 0 Å². The maximum atomic E-state index is 10.5. The number of nitrogens with one attached hydrogen (secondary N) is 1. The lowest BCUT2D eigenvalue weighted by atomic mass is 10.2. The molecule has 5 heteroatoms. The summed E-state index contributed by atoms with van der Waals surface area (Å²) in [5.41, 5.74) is 2.96. The van der Waals surface area contributed by atoms with E-state index in [-0.39, 0.29) is 0 Å². The molecule has 0 aromatic heterocycles. The Morgan fingerprint density at radius 1 is 1.35 bits per heavy atom. The van der Waals surface area contributed by atoms with Crippen LogP contribution in [0.4, 0.5) is 11.4 Å². The van der Waals surface area contributed by atoms with Crippen LogP contribution in [0.25, 0.3) is 0 Å². The Bertz CT molecular complexity index is 476. The molecule has 0 amide bonds. The molecule has 0 saturated carbocycles. The zero-order valence-corrected chi connectivity index (χ0v) is 11.6. The number of ether oxygens (including phenoxy) is 1. The van der Waals surface area contributed by atoms with Crippen LogP contribution in [0, 0.1) is 0 Å². The lowest BCUT2D eigenvalue weighted by Crippen LogP contribution is -2.36. The molecular formula is C15H20N2O3. The molecule has 2 N–H and O–H groups in total. The summed E-state index contributed by atoms with van der Waals surface area (Å²) >= 11 is 0. The second-order valence-electron chi connectivity index (χ2n) is 4.83. The Morgan fingerprint density at radius 3 is 2.60 bits per heavy atom. The topological polar surface area (TPSA) is 61.8 Å². The van der Waals surface area contributed by atoms with Gasteiger partial charge in [0.1, 0.15) is 0 Å². The molecule has 1 aliphatic rings. The molecule has 2 rings (SSSR count). The van der Waals surface area contributed by atoms with Gasteiger partial charge in [0.25, 0.3) is 0 Å². The van der Waals surface area contributed by atoms with Gasteiger partial charge in [0.15, 0.2) is 0 Å². The first-order valence-electron chi connectivity index (χ1n) is 6.72. The molecule has 1 fully saturated rings. The Labute approximate surface area is 118 Å².